The largest absolute Gasteiger partial charge is 0.506 e. The van der Waals surface area contributed by atoms with Crippen LogP contribution in [0.3, 0.4) is 0 Å². The lowest BCUT2D eigenvalue weighted by Crippen LogP contribution is -2.26. The van der Waals surface area contributed by atoms with Crippen molar-refractivity contribution in [1.29, 1.82) is 0 Å². The topological polar surface area (TPSA) is 126 Å². The Morgan fingerprint density at radius 1 is 1.16 bits per heavy atom. The average molecular weight is 590 g/mol. The number of hydrogen-bond donors (Lipinski definition) is 3. The zero-order chi connectivity index (χ0) is 26.0. The minimum absolute atomic E-state index is 0. The molecule has 15 heteroatoms. The van der Waals surface area contributed by atoms with Crippen LogP contribution in [0.2, 0.25) is 5.02 Å². The zero-order valence-corrected chi connectivity index (χ0v) is 24.2. The van der Waals surface area contributed by atoms with E-state index in [0.29, 0.717) is 11.4 Å². The minimum Gasteiger partial charge on any atom is -0.506 e. The molecule has 2 aromatic carbocycles. The lowest BCUT2D eigenvalue weighted by molar-refractivity contribution is 0.312. The molecular formula is C22H27ClFN5O5P2S. The molecule has 0 saturated carbocycles. The van der Waals surface area contributed by atoms with Gasteiger partial charge in [-0.3, -0.25) is 0 Å². The number of benzene rings is 2. The highest BCUT2D eigenvalue weighted by Crippen LogP contribution is 2.40. The molecule has 37 heavy (non-hydrogen) atoms. The standard InChI is InChI=1S/C22H24ClFN5O5PS.H3P/c1-29-7-6-13-9-19(30)18(8-14(13)12-29)27-22-25-11-16(23)21(28-22)26-17-5-4-15(34-36(24,31)32)10-20(17)33-35(2)3;/h4-5,8-11,30H,6-7,12H2,1-3H3,(H2,25,26,27,28);1H3. The van der Waals surface area contributed by atoms with Gasteiger partial charge in [-0.15, -0.1) is 0 Å². The molecule has 0 aliphatic carbocycles. The van der Waals surface area contributed by atoms with Crippen molar-refractivity contribution in [3.63, 3.8) is 0 Å². The predicted molar refractivity (Wildman–Crippen MR) is 149 cm³/mol. The molecule has 1 atom stereocenters. The Bertz CT molecular complexity index is 1400. The van der Waals surface area contributed by atoms with E-state index in [4.69, 9.17) is 16.1 Å². The van der Waals surface area contributed by atoms with Crippen molar-refractivity contribution in [1.82, 2.24) is 14.9 Å². The van der Waals surface area contributed by atoms with Crippen LogP contribution >= 0.6 is 29.6 Å². The van der Waals surface area contributed by atoms with Gasteiger partial charge in [-0.25, -0.2) is 4.98 Å². The fourth-order valence-electron chi connectivity index (χ4n) is 3.65. The van der Waals surface area contributed by atoms with Gasteiger partial charge in [-0.1, -0.05) is 15.5 Å². The minimum atomic E-state index is -5.19. The van der Waals surface area contributed by atoms with Crippen LogP contribution < -0.4 is 19.3 Å². The number of aromatic nitrogens is 2. The molecule has 0 amide bonds. The van der Waals surface area contributed by atoms with Crippen molar-refractivity contribution in [3.8, 4) is 17.2 Å². The molecule has 2 heterocycles. The molecule has 4 rings (SSSR count). The van der Waals surface area contributed by atoms with E-state index in [1.54, 1.807) is 6.07 Å². The van der Waals surface area contributed by atoms with E-state index in [9.17, 15) is 17.4 Å². The van der Waals surface area contributed by atoms with Crippen LogP contribution in [0.1, 0.15) is 11.1 Å². The molecular weight excluding hydrogens is 563 g/mol. The summed E-state index contributed by atoms with van der Waals surface area (Å²) >= 11 is 6.31. The van der Waals surface area contributed by atoms with Gasteiger partial charge in [0.05, 0.1) is 25.7 Å². The first-order chi connectivity index (χ1) is 17.0. The highest BCUT2D eigenvalue weighted by molar-refractivity contribution is 7.81. The lowest BCUT2D eigenvalue weighted by atomic mass is 9.99. The molecule has 200 valence electrons. The highest BCUT2D eigenvalue weighted by atomic mass is 35.5. The number of halogens is 2. The van der Waals surface area contributed by atoms with Crippen LogP contribution in [0.5, 0.6) is 17.2 Å². The normalized spacial score (nSPS) is 13.5. The molecule has 0 radical (unpaired) electrons. The maximum atomic E-state index is 13.0. The number of nitrogens with one attached hydrogen (secondary N) is 2. The van der Waals surface area contributed by atoms with Gasteiger partial charge >= 0.3 is 10.5 Å². The van der Waals surface area contributed by atoms with Gasteiger partial charge in [0.15, 0.2) is 5.82 Å². The summed E-state index contributed by atoms with van der Waals surface area (Å²) in [7, 11) is -4.07. The molecule has 0 saturated heterocycles. The Hall–Kier alpha value is -2.49. The first kappa shape index (κ1) is 29.1. The summed E-state index contributed by atoms with van der Waals surface area (Å²) in [5, 5.41) is 16.8. The van der Waals surface area contributed by atoms with Crippen molar-refractivity contribution in [2.75, 3.05) is 37.6 Å². The maximum Gasteiger partial charge on any atom is 0.488 e. The number of rotatable bonds is 8. The van der Waals surface area contributed by atoms with E-state index < -0.39 is 18.7 Å². The number of anilines is 4. The lowest BCUT2D eigenvalue weighted by Gasteiger charge is -2.25. The number of hydrogen-bond acceptors (Lipinski definition) is 10. The van der Waals surface area contributed by atoms with Crippen molar-refractivity contribution >= 4 is 63.3 Å². The Morgan fingerprint density at radius 3 is 2.62 bits per heavy atom. The first-order valence-corrected chi connectivity index (χ1v) is 14.5. The summed E-state index contributed by atoms with van der Waals surface area (Å²) in [5.41, 5.74) is 3.05. The highest BCUT2D eigenvalue weighted by Gasteiger charge is 2.18. The summed E-state index contributed by atoms with van der Waals surface area (Å²) in [5.74, 6) is 0.451. The van der Waals surface area contributed by atoms with Crippen LogP contribution in [-0.4, -0.2) is 55.3 Å². The summed E-state index contributed by atoms with van der Waals surface area (Å²) < 4.78 is 44.8. The molecule has 0 bridgehead atoms. The van der Waals surface area contributed by atoms with Crippen LogP contribution in [0.25, 0.3) is 0 Å². The third-order valence-electron chi connectivity index (χ3n) is 5.19. The van der Waals surface area contributed by atoms with Crippen LogP contribution in [0.4, 0.5) is 27.0 Å². The molecule has 1 aliphatic rings. The molecule has 0 fully saturated rings. The summed E-state index contributed by atoms with van der Waals surface area (Å²) in [6.07, 6.45) is 2.25. The maximum absolute atomic E-state index is 13.0. The van der Waals surface area contributed by atoms with E-state index >= 15 is 0 Å². The zero-order valence-electron chi connectivity index (χ0n) is 20.3. The van der Waals surface area contributed by atoms with Crippen molar-refractivity contribution in [3.05, 3.63) is 52.7 Å². The summed E-state index contributed by atoms with van der Waals surface area (Å²) in [6, 6.07) is 7.58. The average Bonchev–Trinajstić information content (AvgIpc) is 2.77. The third-order valence-corrected chi connectivity index (χ3v) is 6.42. The van der Waals surface area contributed by atoms with E-state index in [0.717, 1.165) is 30.6 Å². The molecule has 0 spiro atoms. The second-order valence-corrected chi connectivity index (χ2v) is 11.5. The molecule has 1 aliphatic heterocycles. The molecule has 3 aromatic rings. The Labute approximate surface area is 224 Å². The molecule has 1 aromatic heterocycles. The van der Waals surface area contributed by atoms with Crippen LogP contribution in [-0.2, 0) is 23.5 Å². The van der Waals surface area contributed by atoms with Crippen molar-refractivity contribution in [2.45, 2.75) is 13.0 Å². The van der Waals surface area contributed by atoms with Gasteiger partial charge in [0.25, 0.3) is 0 Å². The van der Waals surface area contributed by atoms with Crippen LogP contribution in [0, 0.1) is 0 Å². The number of aromatic hydroxyl groups is 1. The van der Waals surface area contributed by atoms with Crippen LogP contribution in [0.15, 0.2) is 36.5 Å². The second kappa shape index (κ2) is 11.9. The second-order valence-electron chi connectivity index (χ2n) is 8.30. The van der Waals surface area contributed by atoms with E-state index in [2.05, 4.69) is 29.7 Å². The number of nitrogens with zero attached hydrogens (tertiary/aromatic N) is 3. The molecule has 1 unspecified atom stereocenters. The van der Waals surface area contributed by atoms with Gasteiger partial charge in [0.1, 0.15) is 22.3 Å². The first-order valence-electron chi connectivity index (χ1n) is 10.7. The number of likely N-dealkylation sites (N-methyl/N-ethyl adjacent to an activating group) is 1. The number of phenolic OH excluding ortho intramolecular Hbond substituents is 1. The number of phenols is 1. The Morgan fingerprint density at radius 2 is 1.92 bits per heavy atom. The summed E-state index contributed by atoms with van der Waals surface area (Å²) in [4.78, 5) is 10.8. The SMILES string of the molecule is CN1CCc2cc(O)c(Nc3ncc(Cl)c(Nc4ccc(OS(=O)(=O)F)cc4OP(C)C)n3)cc2C1.P. The van der Waals surface area contributed by atoms with Crippen molar-refractivity contribution in [2.24, 2.45) is 0 Å². The fraction of sp³-hybridized carbons (Fsp3) is 0.273. The van der Waals surface area contributed by atoms with E-state index in [1.807, 2.05) is 26.4 Å². The Balaban J connectivity index is 0.00000380. The Kier molecular flexibility index (Phi) is 9.37. The monoisotopic (exact) mass is 589 g/mol. The predicted octanol–water partition coefficient (Wildman–Crippen LogP) is 5.00. The van der Waals surface area contributed by atoms with Crippen molar-refractivity contribution < 1.29 is 26.1 Å². The van der Waals surface area contributed by atoms with E-state index in [-0.39, 0.29) is 43.9 Å². The molecule has 3 N–H and O–H groups in total. The smallest absolute Gasteiger partial charge is 0.488 e. The third kappa shape index (κ3) is 7.75. The van der Waals surface area contributed by atoms with Gasteiger partial charge < -0.3 is 29.3 Å². The van der Waals surface area contributed by atoms with Gasteiger partial charge in [0, 0.05) is 19.2 Å². The van der Waals surface area contributed by atoms with Gasteiger partial charge in [0.2, 0.25) is 5.95 Å². The summed E-state index contributed by atoms with van der Waals surface area (Å²) in [6.45, 7) is 5.36. The van der Waals surface area contributed by atoms with Gasteiger partial charge in [-0.05, 0) is 62.2 Å². The molecule has 10 nitrogen and oxygen atoms in total. The van der Waals surface area contributed by atoms with E-state index in [1.165, 1.54) is 24.4 Å². The number of fused-ring (bicyclic) bond motifs is 1. The fourth-order valence-corrected chi connectivity index (χ4v) is 4.66. The quantitative estimate of drug-likeness (QED) is 0.188. The van der Waals surface area contributed by atoms with Gasteiger partial charge in [-0.2, -0.15) is 23.3 Å².